The van der Waals surface area contributed by atoms with Crippen molar-refractivity contribution in [1.29, 1.82) is 5.26 Å². The van der Waals surface area contributed by atoms with E-state index in [2.05, 4.69) is 5.73 Å². The van der Waals surface area contributed by atoms with Gasteiger partial charge in [0.1, 0.15) is 0 Å². The van der Waals surface area contributed by atoms with Gasteiger partial charge in [-0.15, -0.1) is 0 Å². The molecule has 5 nitrogen and oxygen atoms in total. The molecule has 10 heavy (non-hydrogen) atoms. The first-order valence-electron chi connectivity index (χ1n) is 2.58. The predicted octanol–water partition coefficient (Wildman–Crippen LogP) is -1.08. The van der Waals surface area contributed by atoms with Crippen LogP contribution in [0.2, 0.25) is 0 Å². The zero-order valence-corrected chi connectivity index (χ0v) is 5.45. The van der Waals surface area contributed by atoms with Crippen molar-refractivity contribution in [3.63, 3.8) is 0 Å². The first-order valence-corrected chi connectivity index (χ1v) is 2.58. The molecule has 0 aromatic rings. The minimum atomic E-state index is -0.961. The highest BCUT2D eigenvalue weighted by atomic mass is 16.4. The largest absolute Gasteiger partial charge is 0.481 e. The molecule has 0 unspecified atom stereocenters. The van der Waals surface area contributed by atoms with Crippen LogP contribution in [0.25, 0.3) is 0 Å². The normalized spacial score (nSPS) is 6.90. The summed E-state index contributed by atoms with van der Waals surface area (Å²) in [5.41, 5.74) is 4.67. The van der Waals surface area contributed by atoms with Crippen molar-refractivity contribution in [3.8, 4) is 6.07 Å². The second-order valence-electron chi connectivity index (χ2n) is 1.23. The molecule has 0 atom stereocenters. The topological polar surface area (TPSA) is 107 Å². The van der Waals surface area contributed by atoms with Gasteiger partial charge in [-0.25, -0.2) is 0 Å². The summed E-state index contributed by atoms with van der Waals surface area (Å²) in [6, 6.07) is 1.71. The molecule has 0 saturated heterocycles. The quantitative estimate of drug-likeness (QED) is 0.429. The molecule has 0 heterocycles. The molecule has 0 aromatic carbocycles. The first-order chi connectivity index (χ1) is 4.68. The summed E-state index contributed by atoms with van der Waals surface area (Å²) in [5, 5.41) is 23.1. The van der Waals surface area contributed by atoms with Gasteiger partial charge in [0.15, 0.2) is 0 Å². The maximum atomic E-state index is 9.44. The van der Waals surface area contributed by atoms with E-state index >= 15 is 0 Å². The molecule has 0 saturated carbocycles. The maximum Gasteiger partial charge on any atom is 0.305 e. The Kier molecular flexibility index (Phi) is 12.6. The summed E-state index contributed by atoms with van der Waals surface area (Å²) < 4.78 is 0. The molecule has 0 aliphatic heterocycles. The summed E-state index contributed by atoms with van der Waals surface area (Å²) in [7, 11) is 0. The van der Waals surface area contributed by atoms with Gasteiger partial charge in [0.25, 0.3) is 0 Å². The van der Waals surface area contributed by atoms with Crippen molar-refractivity contribution in [2.45, 2.75) is 6.42 Å². The highest BCUT2D eigenvalue weighted by Gasteiger charge is 1.88. The molecule has 0 aliphatic rings. The van der Waals surface area contributed by atoms with E-state index in [1.807, 2.05) is 0 Å². The molecule has 0 amide bonds. The van der Waals surface area contributed by atoms with Crippen LogP contribution in [-0.4, -0.2) is 29.3 Å². The van der Waals surface area contributed by atoms with Crippen LogP contribution in [0.4, 0.5) is 0 Å². The smallest absolute Gasteiger partial charge is 0.305 e. The summed E-state index contributed by atoms with van der Waals surface area (Å²) in [6.45, 7) is -0.144. The average molecular weight is 146 g/mol. The fourth-order valence-corrected chi connectivity index (χ4v) is 0.0956. The molecule has 0 fully saturated rings. The van der Waals surface area contributed by atoms with E-state index in [0.717, 1.165) is 0 Å². The molecule has 0 radical (unpaired) electrons. The zero-order chi connectivity index (χ0) is 8.41. The number of rotatable bonds is 2. The van der Waals surface area contributed by atoms with Gasteiger partial charge < -0.3 is 15.9 Å². The van der Waals surface area contributed by atoms with Gasteiger partial charge in [-0.2, -0.15) is 5.26 Å². The van der Waals surface area contributed by atoms with Crippen LogP contribution in [0.3, 0.4) is 0 Å². The highest BCUT2D eigenvalue weighted by molar-refractivity contribution is 5.66. The molecular weight excluding hydrogens is 136 g/mol. The number of nitriles is 1. The lowest BCUT2D eigenvalue weighted by molar-refractivity contribution is -0.137. The molecule has 0 aliphatic carbocycles. The molecule has 58 valence electrons. The van der Waals surface area contributed by atoms with E-state index in [4.69, 9.17) is 15.5 Å². The fourth-order valence-electron chi connectivity index (χ4n) is 0.0956. The number of aliphatic hydroxyl groups excluding tert-OH is 1. The van der Waals surface area contributed by atoms with Gasteiger partial charge in [-0.1, -0.05) is 0 Å². The lowest BCUT2D eigenvalue weighted by Crippen LogP contribution is -1.96. The minimum absolute atomic E-state index is 0.125. The van der Waals surface area contributed by atoms with Crippen LogP contribution < -0.4 is 5.73 Å². The van der Waals surface area contributed by atoms with E-state index < -0.39 is 5.97 Å². The molecule has 0 spiro atoms. The van der Waals surface area contributed by atoms with Gasteiger partial charge in [-0.3, -0.25) is 4.79 Å². The van der Waals surface area contributed by atoms with Gasteiger partial charge in [0.05, 0.1) is 25.6 Å². The lowest BCUT2D eigenvalue weighted by Gasteiger charge is -1.79. The molecule has 0 rings (SSSR count). The summed E-state index contributed by atoms with van der Waals surface area (Å²) in [4.78, 5) is 9.44. The molecule has 5 heteroatoms. The Labute approximate surface area is 58.7 Å². The SMILES string of the molecule is N#CCN.O=C(O)CCO. The standard InChI is InChI=1S/C3H6O3.C2H4N2/c4-2-1-3(5)6;3-1-2-4/h4H,1-2H2,(H,5,6);1,3H2. The molecular formula is C5H10N2O3. The van der Waals surface area contributed by atoms with E-state index in [1.165, 1.54) is 0 Å². The van der Waals surface area contributed by atoms with Crippen LogP contribution in [-0.2, 0) is 4.79 Å². The highest BCUT2D eigenvalue weighted by Crippen LogP contribution is 1.70. The van der Waals surface area contributed by atoms with Gasteiger partial charge in [0, 0.05) is 0 Å². The third kappa shape index (κ3) is 28.7. The lowest BCUT2D eigenvalue weighted by atomic mass is 10.5. The second kappa shape index (κ2) is 10.8. The number of nitrogens with two attached hydrogens (primary N) is 1. The van der Waals surface area contributed by atoms with Crippen molar-refractivity contribution in [2.75, 3.05) is 13.2 Å². The molecule has 0 bridgehead atoms. The van der Waals surface area contributed by atoms with Crippen LogP contribution >= 0.6 is 0 Å². The van der Waals surface area contributed by atoms with Gasteiger partial charge in [0.2, 0.25) is 0 Å². The first kappa shape index (κ1) is 11.6. The summed E-state index contributed by atoms with van der Waals surface area (Å²) >= 11 is 0. The number of aliphatic carboxylic acids is 1. The average Bonchev–Trinajstić information content (AvgIpc) is 1.89. The Morgan fingerprint density at radius 3 is 2.10 bits per heavy atom. The van der Waals surface area contributed by atoms with E-state index in [1.54, 1.807) is 6.07 Å². The maximum absolute atomic E-state index is 9.44. The van der Waals surface area contributed by atoms with Gasteiger partial charge >= 0.3 is 5.97 Å². The number of carbonyl (C=O) groups is 1. The Morgan fingerprint density at radius 1 is 1.70 bits per heavy atom. The Hall–Kier alpha value is -1.12. The number of aliphatic hydroxyl groups is 1. The monoisotopic (exact) mass is 146 g/mol. The zero-order valence-electron chi connectivity index (χ0n) is 5.45. The van der Waals surface area contributed by atoms with Crippen molar-refractivity contribution < 1.29 is 15.0 Å². The Morgan fingerprint density at radius 2 is 2.10 bits per heavy atom. The number of nitrogens with zero attached hydrogens (tertiary/aromatic N) is 1. The molecule has 4 N–H and O–H groups in total. The fraction of sp³-hybridized carbons (Fsp3) is 0.600. The van der Waals surface area contributed by atoms with Crippen LogP contribution in [0, 0.1) is 11.3 Å². The van der Waals surface area contributed by atoms with Crippen molar-refractivity contribution in [2.24, 2.45) is 5.73 Å². The summed E-state index contributed by atoms with van der Waals surface area (Å²) in [6.07, 6.45) is -0.153. The van der Waals surface area contributed by atoms with Crippen molar-refractivity contribution in [1.82, 2.24) is 0 Å². The van der Waals surface area contributed by atoms with Crippen LogP contribution in [0.1, 0.15) is 6.42 Å². The Balaban J connectivity index is 0. The van der Waals surface area contributed by atoms with Crippen LogP contribution in [0.15, 0.2) is 0 Å². The van der Waals surface area contributed by atoms with Crippen molar-refractivity contribution >= 4 is 5.97 Å². The van der Waals surface area contributed by atoms with E-state index in [-0.39, 0.29) is 19.6 Å². The molecule has 0 aromatic heterocycles. The second-order valence-corrected chi connectivity index (χ2v) is 1.23. The van der Waals surface area contributed by atoms with E-state index in [0.29, 0.717) is 0 Å². The third-order valence-corrected chi connectivity index (χ3v) is 0.417. The van der Waals surface area contributed by atoms with Crippen LogP contribution in [0.5, 0.6) is 0 Å². The number of carboxylic acid groups (broad SMARTS) is 1. The number of hydrogen-bond acceptors (Lipinski definition) is 4. The van der Waals surface area contributed by atoms with E-state index in [9.17, 15) is 4.79 Å². The Bertz CT molecular complexity index is 119. The number of hydrogen-bond donors (Lipinski definition) is 3. The predicted molar refractivity (Wildman–Crippen MR) is 34.0 cm³/mol. The third-order valence-electron chi connectivity index (χ3n) is 0.417. The van der Waals surface area contributed by atoms with Gasteiger partial charge in [-0.05, 0) is 0 Å². The minimum Gasteiger partial charge on any atom is -0.481 e. The number of carboxylic acids is 1. The summed E-state index contributed by atoms with van der Waals surface area (Å²) in [5.74, 6) is -0.961. The van der Waals surface area contributed by atoms with Crippen molar-refractivity contribution in [3.05, 3.63) is 0 Å².